The van der Waals surface area contributed by atoms with Gasteiger partial charge in [0, 0.05) is 23.2 Å². The van der Waals surface area contributed by atoms with Crippen LogP contribution in [-0.2, 0) is 0 Å². The largest absolute Gasteiger partial charge is 0.364 e. The van der Waals surface area contributed by atoms with E-state index in [9.17, 15) is 9.59 Å². The van der Waals surface area contributed by atoms with Crippen LogP contribution in [0.3, 0.4) is 0 Å². The summed E-state index contributed by atoms with van der Waals surface area (Å²) in [6.45, 7) is 1.70. The Morgan fingerprint density at radius 3 is 2.86 bits per heavy atom. The van der Waals surface area contributed by atoms with Crippen molar-refractivity contribution < 1.29 is 14.1 Å². The molecule has 0 atom stereocenters. The molecular formula is C13H11N5O3S. The molecule has 0 saturated carbocycles. The van der Waals surface area contributed by atoms with E-state index in [1.54, 1.807) is 24.6 Å². The molecule has 3 aromatic heterocycles. The van der Waals surface area contributed by atoms with E-state index in [-0.39, 0.29) is 5.69 Å². The van der Waals surface area contributed by atoms with Gasteiger partial charge in [-0.25, -0.2) is 4.98 Å². The first-order chi connectivity index (χ1) is 10.5. The molecule has 8 nitrogen and oxygen atoms in total. The summed E-state index contributed by atoms with van der Waals surface area (Å²) in [4.78, 5) is 30.0. The van der Waals surface area contributed by atoms with Crippen molar-refractivity contribution in [2.45, 2.75) is 6.92 Å². The number of anilines is 1. The number of nitrogens with one attached hydrogen (secondary N) is 2. The minimum atomic E-state index is -0.545. The van der Waals surface area contributed by atoms with E-state index >= 15 is 0 Å². The van der Waals surface area contributed by atoms with Gasteiger partial charge >= 0.3 is 0 Å². The fourth-order valence-electron chi connectivity index (χ4n) is 1.78. The number of hydrogen-bond donors (Lipinski definition) is 3. The van der Waals surface area contributed by atoms with Crippen molar-refractivity contribution in [3.63, 3.8) is 0 Å². The maximum Gasteiger partial charge on any atom is 0.279 e. The third-order valence-corrected chi connectivity index (χ3v) is 3.59. The Labute approximate surface area is 128 Å². The van der Waals surface area contributed by atoms with Crippen molar-refractivity contribution in [1.82, 2.24) is 15.1 Å². The van der Waals surface area contributed by atoms with E-state index in [0.29, 0.717) is 27.8 Å². The molecule has 0 aromatic carbocycles. The van der Waals surface area contributed by atoms with Gasteiger partial charge in [-0.1, -0.05) is 5.16 Å². The number of thiazole rings is 1. The Bertz CT molecular complexity index is 847. The highest BCUT2D eigenvalue weighted by Gasteiger charge is 2.14. The molecule has 4 N–H and O–H groups in total. The Morgan fingerprint density at radius 1 is 1.41 bits per heavy atom. The average molecular weight is 317 g/mol. The molecule has 0 saturated heterocycles. The molecule has 0 unspecified atom stereocenters. The average Bonchev–Trinajstić information content (AvgIpc) is 3.16. The zero-order chi connectivity index (χ0) is 15.7. The lowest BCUT2D eigenvalue weighted by Crippen LogP contribution is -2.11. The van der Waals surface area contributed by atoms with Gasteiger partial charge in [0.1, 0.15) is 11.5 Å². The minimum Gasteiger partial charge on any atom is -0.364 e. The Hall–Kier alpha value is -2.94. The van der Waals surface area contributed by atoms with Crippen LogP contribution in [0.2, 0.25) is 0 Å². The number of nitrogens with two attached hydrogens (primary N) is 1. The molecule has 0 aliphatic carbocycles. The number of carbonyl (C=O) groups is 2. The standard InChI is InChI=1S/C13H11N5O3S/c1-6-2-9(18-21-6)12(20)17-13-16-10(5-22-13)7-3-8(11(14)19)15-4-7/h2-5,15H,1H3,(H2,14,19)(H,16,17,20). The zero-order valence-electron chi connectivity index (χ0n) is 11.4. The number of primary amides is 1. The maximum absolute atomic E-state index is 11.9. The molecule has 0 bridgehead atoms. The van der Waals surface area contributed by atoms with E-state index in [4.69, 9.17) is 10.3 Å². The van der Waals surface area contributed by atoms with Gasteiger partial charge in [0.05, 0.1) is 5.69 Å². The third kappa shape index (κ3) is 2.74. The number of amides is 2. The number of hydrogen-bond acceptors (Lipinski definition) is 6. The lowest BCUT2D eigenvalue weighted by Gasteiger charge is -1.96. The van der Waals surface area contributed by atoms with Gasteiger partial charge in [-0.15, -0.1) is 11.3 Å². The number of nitrogens with zero attached hydrogens (tertiary/aromatic N) is 2. The summed E-state index contributed by atoms with van der Waals surface area (Å²) in [5.74, 6) is -0.391. The first-order valence-electron chi connectivity index (χ1n) is 6.21. The monoisotopic (exact) mass is 317 g/mol. The Morgan fingerprint density at radius 2 is 2.23 bits per heavy atom. The van der Waals surface area contributed by atoms with Crippen LogP contribution < -0.4 is 11.1 Å². The zero-order valence-corrected chi connectivity index (χ0v) is 12.2. The summed E-state index contributed by atoms with van der Waals surface area (Å²) in [5, 5.41) is 8.45. The predicted octanol–water partition coefficient (Wildman–Crippen LogP) is 1.79. The Kier molecular flexibility index (Phi) is 3.47. The van der Waals surface area contributed by atoms with Gasteiger partial charge in [-0.3, -0.25) is 14.9 Å². The minimum absolute atomic E-state index is 0.187. The lowest BCUT2D eigenvalue weighted by atomic mass is 10.2. The van der Waals surface area contributed by atoms with Crippen molar-refractivity contribution in [3.8, 4) is 11.3 Å². The van der Waals surface area contributed by atoms with Crippen LogP contribution in [0.15, 0.2) is 28.2 Å². The van der Waals surface area contributed by atoms with Crippen LogP contribution >= 0.6 is 11.3 Å². The number of rotatable bonds is 4. The van der Waals surface area contributed by atoms with Crippen molar-refractivity contribution in [2.24, 2.45) is 5.73 Å². The number of carbonyl (C=O) groups excluding carboxylic acids is 2. The van der Waals surface area contributed by atoms with E-state index < -0.39 is 11.8 Å². The number of aromatic amines is 1. The van der Waals surface area contributed by atoms with Gasteiger partial charge in [0.2, 0.25) is 0 Å². The topological polar surface area (TPSA) is 127 Å². The second-order valence-electron chi connectivity index (χ2n) is 4.48. The van der Waals surface area contributed by atoms with E-state index in [1.807, 2.05) is 0 Å². The fraction of sp³-hybridized carbons (Fsp3) is 0.0769. The lowest BCUT2D eigenvalue weighted by molar-refractivity contribution is 0.0993. The van der Waals surface area contributed by atoms with Gasteiger partial charge in [0.15, 0.2) is 10.8 Å². The van der Waals surface area contributed by atoms with Gasteiger partial charge in [0.25, 0.3) is 11.8 Å². The van der Waals surface area contributed by atoms with Gasteiger partial charge < -0.3 is 15.2 Å². The smallest absolute Gasteiger partial charge is 0.279 e. The molecule has 2 amide bonds. The second-order valence-corrected chi connectivity index (χ2v) is 5.34. The summed E-state index contributed by atoms with van der Waals surface area (Å²) in [6, 6.07) is 3.14. The molecule has 0 spiro atoms. The molecule has 0 aliphatic heterocycles. The second kappa shape index (κ2) is 5.45. The Balaban J connectivity index is 1.75. The fourth-order valence-corrected chi connectivity index (χ4v) is 2.50. The molecule has 3 heterocycles. The molecule has 112 valence electrons. The molecule has 0 fully saturated rings. The van der Waals surface area contributed by atoms with Crippen molar-refractivity contribution in [2.75, 3.05) is 5.32 Å². The van der Waals surface area contributed by atoms with E-state index in [2.05, 4.69) is 20.4 Å². The van der Waals surface area contributed by atoms with Crippen molar-refractivity contribution >= 4 is 28.3 Å². The summed E-state index contributed by atoms with van der Waals surface area (Å²) in [6.07, 6.45) is 1.63. The van der Waals surface area contributed by atoms with Crippen LogP contribution in [0.4, 0.5) is 5.13 Å². The summed E-state index contributed by atoms with van der Waals surface area (Å²) >= 11 is 1.26. The molecule has 9 heteroatoms. The molecule has 3 aromatic rings. The van der Waals surface area contributed by atoms with E-state index in [0.717, 1.165) is 0 Å². The van der Waals surface area contributed by atoms with Gasteiger partial charge in [-0.2, -0.15) is 0 Å². The summed E-state index contributed by atoms with van der Waals surface area (Å²) < 4.78 is 4.85. The normalized spacial score (nSPS) is 10.6. The first kappa shape index (κ1) is 14.0. The molecule has 0 radical (unpaired) electrons. The molecular weight excluding hydrogens is 306 g/mol. The highest BCUT2D eigenvalue weighted by atomic mass is 32.1. The highest BCUT2D eigenvalue weighted by Crippen LogP contribution is 2.25. The summed E-state index contributed by atoms with van der Waals surface area (Å²) in [7, 11) is 0. The van der Waals surface area contributed by atoms with E-state index in [1.165, 1.54) is 17.4 Å². The maximum atomic E-state index is 11.9. The third-order valence-electron chi connectivity index (χ3n) is 2.83. The number of aryl methyl sites for hydroxylation is 1. The SMILES string of the molecule is Cc1cc(C(=O)Nc2nc(-c3c[nH]c(C(N)=O)c3)cs2)no1. The van der Waals surface area contributed by atoms with Gasteiger partial charge in [-0.05, 0) is 13.0 Å². The summed E-state index contributed by atoms with van der Waals surface area (Å²) in [5.41, 5.74) is 7.00. The van der Waals surface area contributed by atoms with Crippen molar-refractivity contribution in [1.29, 1.82) is 0 Å². The van der Waals surface area contributed by atoms with Crippen LogP contribution in [0, 0.1) is 6.92 Å². The molecule has 22 heavy (non-hydrogen) atoms. The van der Waals surface area contributed by atoms with Crippen LogP contribution in [-0.4, -0.2) is 26.9 Å². The molecule has 0 aliphatic rings. The van der Waals surface area contributed by atoms with Crippen LogP contribution in [0.1, 0.15) is 26.7 Å². The van der Waals surface area contributed by atoms with Crippen molar-refractivity contribution in [3.05, 3.63) is 40.9 Å². The quantitative estimate of drug-likeness (QED) is 0.676. The first-order valence-corrected chi connectivity index (χ1v) is 7.09. The van der Waals surface area contributed by atoms with Crippen LogP contribution in [0.5, 0.6) is 0 Å². The number of aromatic nitrogens is 3. The van der Waals surface area contributed by atoms with Crippen LogP contribution in [0.25, 0.3) is 11.3 Å². The number of H-pyrrole nitrogens is 1. The predicted molar refractivity (Wildman–Crippen MR) is 79.6 cm³/mol. The molecule has 3 rings (SSSR count). The highest BCUT2D eigenvalue weighted by molar-refractivity contribution is 7.14.